The molecule has 2 heterocycles. The Kier molecular flexibility index (Phi) is 5.30. The monoisotopic (exact) mass is 377 g/mol. The van der Waals surface area contributed by atoms with Gasteiger partial charge in [0.05, 0.1) is 4.91 Å². The van der Waals surface area contributed by atoms with Gasteiger partial charge in [-0.15, -0.1) is 0 Å². The molecule has 0 spiro atoms. The minimum Gasteiger partial charge on any atom is -0.368 e. The number of benzene rings is 2. The Hall–Kier alpha value is -2.53. The molecule has 1 amide bonds. The van der Waals surface area contributed by atoms with E-state index < -0.39 is 0 Å². The van der Waals surface area contributed by atoms with E-state index in [1.165, 1.54) is 23.0 Å². The molecule has 2 aromatic rings. The molecule has 2 aromatic carbocycles. The van der Waals surface area contributed by atoms with Crippen molar-refractivity contribution >= 4 is 34.6 Å². The quantitative estimate of drug-likeness (QED) is 0.757. The van der Waals surface area contributed by atoms with Crippen molar-refractivity contribution in [2.75, 3.05) is 31.1 Å². The Morgan fingerprint density at radius 1 is 0.963 bits per heavy atom. The van der Waals surface area contributed by atoms with Gasteiger partial charge in [0.15, 0.2) is 5.17 Å². The van der Waals surface area contributed by atoms with Crippen molar-refractivity contribution in [2.24, 2.45) is 4.99 Å². The second-order valence-electron chi connectivity index (χ2n) is 6.71. The molecule has 0 atom stereocenters. The lowest BCUT2D eigenvalue weighted by molar-refractivity contribution is -0.113. The molecule has 2 aliphatic rings. The van der Waals surface area contributed by atoms with Crippen LogP contribution in [0.3, 0.4) is 0 Å². The summed E-state index contributed by atoms with van der Waals surface area (Å²) in [7, 11) is 0. The van der Waals surface area contributed by atoms with Crippen molar-refractivity contribution < 1.29 is 4.79 Å². The van der Waals surface area contributed by atoms with Crippen molar-refractivity contribution in [2.45, 2.75) is 13.3 Å². The first-order valence-corrected chi connectivity index (χ1v) is 10.2. The van der Waals surface area contributed by atoms with Crippen LogP contribution in [0, 0.1) is 0 Å². The highest BCUT2D eigenvalue weighted by atomic mass is 32.2. The molecule has 0 unspecified atom stereocenters. The Labute approximate surface area is 164 Å². The maximum atomic E-state index is 12.3. The average Bonchev–Trinajstić information content (AvgIpc) is 3.10. The first kappa shape index (κ1) is 17.9. The summed E-state index contributed by atoms with van der Waals surface area (Å²) >= 11 is 1.50. The van der Waals surface area contributed by atoms with Crippen LogP contribution in [0.15, 0.2) is 64.5 Å². The highest BCUT2D eigenvalue weighted by molar-refractivity contribution is 8.18. The highest BCUT2D eigenvalue weighted by Gasteiger charge is 2.28. The number of thioether (sulfide) groups is 1. The lowest BCUT2D eigenvalue weighted by Gasteiger charge is -2.36. The molecule has 0 radical (unpaired) electrons. The van der Waals surface area contributed by atoms with Gasteiger partial charge in [-0.3, -0.25) is 4.79 Å². The van der Waals surface area contributed by atoms with Gasteiger partial charge in [-0.1, -0.05) is 49.4 Å². The SMILES string of the molecule is CCc1ccc(C=C2SC(N3CCN(c4ccccc4)CC3)=NC2=O)cc1. The van der Waals surface area contributed by atoms with Gasteiger partial charge in [-0.05, 0) is 47.5 Å². The zero-order valence-corrected chi connectivity index (χ0v) is 16.3. The predicted molar refractivity (Wildman–Crippen MR) is 114 cm³/mol. The van der Waals surface area contributed by atoms with E-state index in [0.29, 0.717) is 4.91 Å². The summed E-state index contributed by atoms with van der Waals surface area (Å²) in [6, 6.07) is 18.8. The predicted octanol–water partition coefficient (Wildman–Crippen LogP) is 4.04. The third-order valence-electron chi connectivity index (χ3n) is 4.97. The lowest BCUT2D eigenvalue weighted by Crippen LogP contribution is -2.47. The van der Waals surface area contributed by atoms with Gasteiger partial charge >= 0.3 is 0 Å². The molecule has 0 aliphatic carbocycles. The minimum atomic E-state index is -0.125. The van der Waals surface area contributed by atoms with E-state index in [2.05, 4.69) is 70.2 Å². The van der Waals surface area contributed by atoms with Gasteiger partial charge in [0.2, 0.25) is 0 Å². The number of nitrogens with zero attached hydrogens (tertiary/aromatic N) is 3. The number of anilines is 1. The summed E-state index contributed by atoms with van der Waals surface area (Å²) in [5, 5.41) is 0.837. The number of aliphatic imine (C=N–C) groups is 1. The van der Waals surface area contributed by atoms with E-state index in [4.69, 9.17) is 0 Å². The van der Waals surface area contributed by atoms with Gasteiger partial charge in [0, 0.05) is 31.9 Å². The molecule has 4 nitrogen and oxygen atoms in total. The van der Waals surface area contributed by atoms with Gasteiger partial charge < -0.3 is 9.80 Å². The summed E-state index contributed by atoms with van der Waals surface area (Å²) in [5.41, 5.74) is 3.61. The zero-order chi connectivity index (χ0) is 18.6. The number of carbonyl (C=O) groups is 1. The van der Waals surface area contributed by atoms with Crippen molar-refractivity contribution in [3.05, 3.63) is 70.6 Å². The zero-order valence-electron chi connectivity index (χ0n) is 15.5. The topological polar surface area (TPSA) is 35.9 Å². The van der Waals surface area contributed by atoms with Crippen LogP contribution in [-0.4, -0.2) is 42.2 Å². The summed E-state index contributed by atoms with van der Waals surface area (Å²) in [5.74, 6) is -0.125. The normalized spacial score (nSPS) is 18.9. The first-order valence-electron chi connectivity index (χ1n) is 9.39. The number of rotatable bonds is 3. The molecule has 2 aliphatic heterocycles. The standard InChI is InChI=1S/C22H23N3OS/c1-2-17-8-10-18(11-9-17)16-20-21(26)23-22(27-20)25-14-12-24(13-15-25)19-6-4-3-5-7-19/h3-11,16H,2,12-15H2,1H3. The van der Waals surface area contributed by atoms with E-state index in [0.717, 1.165) is 43.3 Å². The number of amides is 1. The largest absolute Gasteiger partial charge is 0.368 e. The summed E-state index contributed by atoms with van der Waals surface area (Å²) in [6.07, 6.45) is 2.97. The third-order valence-corrected chi connectivity index (χ3v) is 6.01. The average molecular weight is 378 g/mol. The highest BCUT2D eigenvalue weighted by Crippen LogP contribution is 2.31. The van der Waals surface area contributed by atoms with Crippen LogP contribution in [0.25, 0.3) is 6.08 Å². The summed E-state index contributed by atoms with van der Waals surface area (Å²) < 4.78 is 0. The molecule has 1 fully saturated rings. The van der Waals surface area contributed by atoms with Crippen LogP contribution in [-0.2, 0) is 11.2 Å². The molecule has 5 heteroatoms. The van der Waals surface area contributed by atoms with Crippen LogP contribution in [0.5, 0.6) is 0 Å². The van der Waals surface area contributed by atoms with Crippen LogP contribution >= 0.6 is 11.8 Å². The lowest BCUT2D eigenvalue weighted by atomic mass is 10.1. The van der Waals surface area contributed by atoms with E-state index >= 15 is 0 Å². The van der Waals surface area contributed by atoms with Crippen LogP contribution < -0.4 is 4.90 Å². The van der Waals surface area contributed by atoms with E-state index in [9.17, 15) is 4.79 Å². The first-order chi connectivity index (χ1) is 13.2. The van der Waals surface area contributed by atoms with Crippen molar-refractivity contribution in [3.63, 3.8) is 0 Å². The van der Waals surface area contributed by atoms with Crippen LogP contribution in [0.4, 0.5) is 5.69 Å². The second kappa shape index (κ2) is 8.01. The number of aryl methyl sites for hydroxylation is 1. The molecule has 27 heavy (non-hydrogen) atoms. The van der Waals surface area contributed by atoms with Crippen molar-refractivity contribution in [1.29, 1.82) is 0 Å². The second-order valence-corrected chi connectivity index (χ2v) is 7.72. The molecule has 0 saturated carbocycles. The Balaban J connectivity index is 1.39. The van der Waals surface area contributed by atoms with E-state index in [1.807, 2.05) is 12.1 Å². The fraction of sp³-hybridized carbons (Fsp3) is 0.273. The Morgan fingerprint density at radius 2 is 1.63 bits per heavy atom. The third kappa shape index (κ3) is 4.08. The molecule has 4 rings (SSSR count). The molecule has 1 saturated heterocycles. The molecule has 0 bridgehead atoms. The Bertz CT molecular complexity index is 866. The molecular formula is C22H23N3OS. The van der Waals surface area contributed by atoms with Gasteiger partial charge in [-0.25, -0.2) is 0 Å². The van der Waals surface area contributed by atoms with Crippen LogP contribution in [0.1, 0.15) is 18.1 Å². The van der Waals surface area contributed by atoms with E-state index in [-0.39, 0.29) is 5.91 Å². The van der Waals surface area contributed by atoms with Crippen molar-refractivity contribution in [1.82, 2.24) is 4.90 Å². The van der Waals surface area contributed by atoms with Gasteiger partial charge in [-0.2, -0.15) is 4.99 Å². The molecule has 0 N–H and O–H groups in total. The number of carbonyl (C=O) groups excluding carboxylic acids is 1. The fourth-order valence-electron chi connectivity index (χ4n) is 3.33. The minimum absolute atomic E-state index is 0.125. The smallest absolute Gasteiger partial charge is 0.286 e. The van der Waals surface area contributed by atoms with Gasteiger partial charge in [0.1, 0.15) is 0 Å². The maximum Gasteiger partial charge on any atom is 0.286 e. The van der Waals surface area contributed by atoms with Crippen molar-refractivity contribution in [3.8, 4) is 0 Å². The number of hydrogen-bond donors (Lipinski definition) is 0. The molecule has 138 valence electrons. The summed E-state index contributed by atoms with van der Waals surface area (Å²) in [6.45, 7) is 5.78. The number of piperazine rings is 1. The molecular weight excluding hydrogens is 354 g/mol. The van der Waals surface area contributed by atoms with Crippen LogP contribution in [0.2, 0.25) is 0 Å². The number of para-hydroxylation sites is 1. The van der Waals surface area contributed by atoms with E-state index in [1.54, 1.807) is 0 Å². The maximum absolute atomic E-state index is 12.3. The number of hydrogen-bond acceptors (Lipinski definition) is 4. The number of amidine groups is 1. The molecule has 0 aromatic heterocycles. The Morgan fingerprint density at radius 3 is 2.30 bits per heavy atom. The summed E-state index contributed by atoms with van der Waals surface area (Å²) in [4.78, 5) is 21.9. The fourth-order valence-corrected chi connectivity index (χ4v) is 4.29. The van der Waals surface area contributed by atoms with Gasteiger partial charge in [0.25, 0.3) is 5.91 Å².